The van der Waals surface area contributed by atoms with Gasteiger partial charge in [0, 0.05) is 9.99 Å². The van der Waals surface area contributed by atoms with E-state index in [0.29, 0.717) is 6.42 Å². The van der Waals surface area contributed by atoms with Gasteiger partial charge in [0.25, 0.3) is 0 Å². The minimum atomic E-state index is -0.904. The molecule has 0 aromatic heterocycles. The molecule has 1 atom stereocenters. The maximum absolute atomic E-state index is 10.7. The number of ether oxygens (including phenoxy) is 1. The monoisotopic (exact) mass is 368 g/mol. The Morgan fingerprint density at radius 2 is 1.74 bits per heavy atom. The van der Waals surface area contributed by atoms with E-state index in [2.05, 4.69) is 22.6 Å². The molecule has 0 aliphatic rings. The van der Waals surface area contributed by atoms with Gasteiger partial charge in [0.2, 0.25) is 0 Å². The van der Waals surface area contributed by atoms with Crippen LogP contribution in [0.2, 0.25) is 0 Å². The van der Waals surface area contributed by atoms with E-state index in [0.717, 1.165) is 20.4 Å². The highest BCUT2D eigenvalue weighted by atomic mass is 127. The molecule has 19 heavy (non-hydrogen) atoms. The minimum Gasteiger partial charge on any atom is -0.496 e. The number of benzene rings is 2. The Morgan fingerprint density at radius 3 is 2.37 bits per heavy atom. The van der Waals surface area contributed by atoms with Crippen molar-refractivity contribution in [3.8, 4) is 5.75 Å². The Kier molecular flexibility index (Phi) is 4.47. The zero-order chi connectivity index (χ0) is 13.9. The molecule has 1 unspecified atom stereocenters. The van der Waals surface area contributed by atoms with E-state index < -0.39 is 5.60 Å². The van der Waals surface area contributed by atoms with Crippen molar-refractivity contribution in [3.63, 3.8) is 0 Å². The van der Waals surface area contributed by atoms with Crippen molar-refractivity contribution >= 4 is 22.6 Å². The second-order valence-corrected chi connectivity index (χ2v) is 6.02. The molecule has 0 aliphatic heterocycles. The topological polar surface area (TPSA) is 29.5 Å². The molecule has 2 aromatic carbocycles. The van der Waals surface area contributed by atoms with E-state index in [-0.39, 0.29) is 0 Å². The van der Waals surface area contributed by atoms with Gasteiger partial charge in [0.15, 0.2) is 0 Å². The third-order valence-corrected chi connectivity index (χ3v) is 3.91. The Hall–Kier alpha value is -1.07. The Balaban J connectivity index is 2.27. The second kappa shape index (κ2) is 5.92. The SMILES string of the molecule is COc1ccccc1CC(C)(O)c1ccc(I)cc1. The van der Waals surface area contributed by atoms with Crippen molar-refractivity contribution in [2.24, 2.45) is 0 Å². The number of para-hydroxylation sites is 1. The first kappa shape index (κ1) is 14.3. The molecule has 0 spiro atoms. The summed E-state index contributed by atoms with van der Waals surface area (Å²) in [7, 11) is 1.65. The summed E-state index contributed by atoms with van der Waals surface area (Å²) < 4.78 is 6.50. The quantitative estimate of drug-likeness (QED) is 0.833. The maximum Gasteiger partial charge on any atom is 0.122 e. The lowest BCUT2D eigenvalue weighted by molar-refractivity contribution is 0.0569. The van der Waals surface area contributed by atoms with Crippen LogP contribution in [-0.2, 0) is 12.0 Å². The van der Waals surface area contributed by atoms with Crippen molar-refractivity contribution < 1.29 is 9.84 Å². The molecule has 3 heteroatoms. The summed E-state index contributed by atoms with van der Waals surface area (Å²) in [5.74, 6) is 0.813. The summed E-state index contributed by atoms with van der Waals surface area (Å²) in [6.07, 6.45) is 0.525. The van der Waals surface area contributed by atoms with Crippen molar-refractivity contribution in [3.05, 3.63) is 63.2 Å². The van der Waals surface area contributed by atoms with Gasteiger partial charge in [-0.15, -0.1) is 0 Å². The lowest BCUT2D eigenvalue weighted by Gasteiger charge is -2.25. The first-order valence-corrected chi connectivity index (χ1v) is 7.21. The van der Waals surface area contributed by atoms with Gasteiger partial charge in [0.05, 0.1) is 12.7 Å². The normalized spacial score (nSPS) is 13.9. The van der Waals surface area contributed by atoms with Crippen LogP contribution in [-0.4, -0.2) is 12.2 Å². The molecular formula is C16H17IO2. The lowest BCUT2D eigenvalue weighted by atomic mass is 9.89. The van der Waals surface area contributed by atoms with Gasteiger partial charge < -0.3 is 9.84 Å². The fourth-order valence-corrected chi connectivity index (χ4v) is 2.49. The highest BCUT2D eigenvalue weighted by molar-refractivity contribution is 14.1. The van der Waals surface area contributed by atoms with E-state index >= 15 is 0 Å². The van der Waals surface area contributed by atoms with Gasteiger partial charge >= 0.3 is 0 Å². The van der Waals surface area contributed by atoms with Crippen LogP contribution in [0.15, 0.2) is 48.5 Å². The molecule has 0 radical (unpaired) electrons. The van der Waals surface area contributed by atoms with Gasteiger partial charge in [-0.1, -0.05) is 30.3 Å². The number of aliphatic hydroxyl groups is 1. The van der Waals surface area contributed by atoms with E-state index in [1.807, 2.05) is 55.5 Å². The molecule has 100 valence electrons. The molecule has 0 amide bonds. The van der Waals surface area contributed by atoms with Gasteiger partial charge in [-0.05, 0) is 58.8 Å². The molecule has 0 fully saturated rings. The lowest BCUT2D eigenvalue weighted by Crippen LogP contribution is -2.24. The molecule has 0 aliphatic carbocycles. The van der Waals surface area contributed by atoms with E-state index in [1.54, 1.807) is 7.11 Å². The van der Waals surface area contributed by atoms with Crippen LogP contribution >= 0.6 is 22.6 Å². The smallest absolute Gasteiger partial charge is 0.122 e. The molecule has 2 aromatic rings. The summed E-state index contributed by atoms with van der Waals surface area (Å²) in [6, 6.07) is 15.7. The van der Waals surface area contributed by atoms with Crippen LogP contribution in [0.3, 0.4) is 0 Å². The third-order valence-electron chi connectivity index (χ3n) is 3.19. The van der Waals surface area contributed by atoms with Crippen molar-refractivity contribution in [2.45, 2.75) is 18.9 Å². The molecule has 2 rings (SSSR count). The van der Waals surface area contributed by atoms with Crippen LogP contribution in [0.25, 0.3) is 0 Å². The predicted octanol–water partition coefficient (Wildman–Crippen LogP) is 3.75. The first-order chi connectivity index (χ1) is 9.03. The Bertz CT molecular complexity index is 547. The van der Waals surface area contributed by atoms with E-state index in [9.17, 15) is 5.11 Å². The molecule has 2 nitrogen and oxygen atoms in total. The van der Waals surface area contributed by atoms with Crippen LogP contribution < -0.4 is 4.74 Å². The van der Waals surface area contributed by atoms with Crippen molar-refractivity contribution in [2.75, 3.05) is 7.11 Å². The van der Waals surface area contributed by atoms with Crippen LogP contribution in [0.4, 0.5) is 0 Å². The van der Waals surface area contributed by atoms with E-state index in [4.69, 9.17) is 4.74 Å². The van der Waals surface area contributed by atoms with Crippen LogP contribution in [0, 0.1) is 3.57 Å². The predicted molar refractivity (Wildman–Crippen MR) is 85.4 cm³/mol. The second-order valence-electron chi connectivity index (χ2n) is 4.77. The molecule has 0 bridgehead atoms. The van der Waals surface area contributed by atoms with Crippen molar-refractivity contribution in [1.29, 1.82) is 0 Å². The number of halogens is 1. The zero-order valence-corrected chi connectivity index (χ0v) is 13.2. The first-order valence-electron chi connectivity index (χ1n) is 6.13. The van der Waals surface area contributed by atoms with E-state index in [1.165, 1.54) is 0 Å². The zero-order valence-electron chi connectivity index (χ0n) is 11.1. The average Bonchev–Trinajstić information content (AvgIpc) is 2.39. The highest BCUT2D eigenvalue weighted by Gasteiger charge is 2.24. The van der Waals surface area contributed by atoms with Gasteiger partial charge in [-0.25, -0.2) is 0 Å². The summed E-state index contributed by atoms with van der Waals surface area (Å²) >= 11 is 2.26. The number of hydrogen-bond acceptors (Lipinski definition) is 2. The van der Waals surface area contributed by atoms with Crippen LogP contribution in [0.1, 0.15) is 18.1 Å². The molecular weight excluding hydrogens is 351 g/mol. The fraction of sp³-hybridized carbons (Fsp3) is 0.250. The summed E-state index contributed by atoms with van der Waals surface area (Å²) in [6.45, 7) is 1.83. The summed E-state index contributed by atoms with van der Waals surface area (Å²) in [5, 5.41) is 10.7. The standard InChI is InChI=1S/C16H17IO2/c1-16(18,13-7-9-14(17)10-8-13)11-12-5-3-4-6-15(12)19-2/h3-10,18H,11H2,1-2H3. The maximum atomic E-state index is 10.7. The number of hydrogen-bond donors (Lipinski definition) is 1. The molecule has 1 N–H and O–H groups in total. The molecule has 0 heterocycles. The van der Waals surface area contributed by atoms with Crippen molar-refractivity contribution in [1.82, 2.24) is 0 Å². The van der Waals surface area contributed by atoms with Crippen LogP contribution in [0.5, 0.6) is 5.75 Å². The largest absolute Gasteiger partial charge is 0.496 e. The van der Waals surface area contributed by atoms with Gasteiger partial charge in [-0.2, -0.15) is 0 Å². The number of methoxy groups -OCH3 is 1. The summed E-state index contributed by atoms with van der Waals surface area (Å²) in [4.78, 5) is 0. The third kappa shape index (κ3) is 3.48. The molecule has 0 saturated carbocycles. The Morgan fingerprint density at radius 1 is 1.11 bits per heavy atom. The highest BCUT2D eigenvalue weighted by Crippen LogP contribution is 2.29. The fourth-order valence-electron chi connectivity index (χ4n) is 2.13. The number of rotatable bonds is 4. The average molecular weight is 368 g/mol. The minimum absolute atomic E-state index is 0.525. The Labute approximate surface area is 127 Å². The van der Waals surface area contributed by atoms with Gasteiger partial charge in [-0.3, -0.25) is 0 Å². The molecule has 0 saturated heterocycles. The summed E-state index contributed by atoms with van der Waals surface area (Å²) in [5.41, 5.74) is 1.02. The van der Waals surface area contributed by atoms with Gasteiger partial charge in [0.1, 0.15) is 5.75 Å².